The molecule has 1 aliphatic heterocycles. The number of nitrogens with zero attached hydrogens (tertiary/aromatic N) is 1. The summed E-state index contributed by atoms with van der Waals surface area (Å²) in [6.07, 6.45) is 1.86. The second kappa shape index (κ2) is 5.31. The van der Waals surface area contributed by atoms with Crippen molar-refractivity contribution in [3.05, 3.63) is 29.8 Å². The average Bonchev–Trinajstić information content (AvgIpc) is 2.79. The first-order chi connectivity index (χ1) is 8.43. The lowest BCUT2D eigenvalue weighted by Crippen LogP contribution is -2.39. The Morgan fingerprint density at radius 3 is 2.50 bits per heavy atom. The molecule has 18 heavy (non-hydrogen) atoms. The first-order valence-corrected chi connectivity index (χ1v) is 8.51. The number of hydrogen-bond donors (Lipinski definition) is 0. The normalized spacial score (nSPS) is 23.2. The summed E-state index contributed by atoms with van der Waals surface area (Å²) in [7, 11) is -3.35. The topological polar surface area (TPSA) is 37.4 Å². The van der Waals surface area contributed by atoms with E-state index in [0.29, 0.717) is 11.4 Å². The minimum Gasteiger partial charge on any atom is -0.207 e. The second-order valence-electron chi connectivity index (χ2n) is 4.82. The van der Waals surface area contributed by atoms with Crippen molar-refractivity contribution in [1.29, 1.82) is 0 Å². The maximum Gasteiger partial charge on any atom is 0.243 e. The summed E-state index contributed by atoms with van der Waals surface area (Å²) in [5, 5.41) is 0. The number of rotatable bonds is 3. The Morgan fingerprint density at radius 2 is 1.94 bits per heavy atom. The van der Waals surface area contributed by atoms with Crippen molar-refractivity contribution in [3.8, 4) is 0 Å². The van der Waals surface area contributed by atoms with Gasteiger partial charge in [-0.2, -0.15) is 4.31 Å². The number of benzene rings is 1. The molecule has 1 aromatic rings. The fraction of sp³-hybridized carbons (Fsp3) is 0.538. The molecular weight excluding hydrogens is 314 g/mol. The van der Waals surface area contributed by atoms with Gasteiger partial charge in [0.25, 0.3) is 0 Å². The molecule has 0 bridgehead atoms. The number of sulfonamides is 1. The Hall–Kier alpha value is -0.390. The fourth-order valence-electron chi connectivity index (χ4n) is 2.37. The van der Waals surface area contributed by atoms with Gasteiger partial charge in [-0.3, -0.25) is 0 Å². The molecule has 2 atom stereocenters. The third kappa shape index (κ3) is 2.63. The molecule has 0 radical (unpaired) electrons. The zero-order chi connectivity index (χ0) is 13.3. The van der Waals surface area contributed by atoms with E-state index in [1.54, 1.807) is 16.4 Å². The molecule has 100 valence electrons. The monoisotopic (exact) mass is 331 g/mol. The Bertz CT molecular complexity index is 510. The molecule has 5 heteroatoms. The highest BCUT2D eigenvalue weighted by molar-refractivity contribution is 9.09. The first kappa shape index (κ1) is 14.0. The summed E-state index contributed by atoms with van der Waals surface area (Å²) in [6.45, 7) is 4.58. The van der Waals surface area contributed by atoms with Crippen LogP contribution in [0, 0.1) is 6.92 Å². The Morgan fingerprint density at radius 1 is 1.33 bits per heavy atom. The quantitative estimate of drug-likeness (QED) is 0.798. The van der Waals surface area contributed by atoms with Gasteiger partial charge in [-0.1, -0.05) is 40.5 Å². The molecule has 3 nitrogen and oxygen atoms in total. The van der Waals surface area contributed by atoms with Gasteiger partial charge in [-0.25, -0.2) is 8.42 Å². The van der Waals surface area contributed by atoms with Gasteiger partial charge in [-0.15, -0.1) is 0 Å². The van der Waals surface area contributed by atoms with E-state index in [9.17, 15) is 8.42 Å². The number of halogens is 1. The van der Waals surface area contributed by atoms with E-state index < -0.39 is 10.0 Å². The Kier molecular flexibility index (Phi) is 4.14. The van der Waals surface area contributed by atoms with E-state index in [0.717, 1.165) is 18.4 Å². The van der Waals surface area contributed by atoms with Crippen molar-refractivity contribution in [2.24, 2.45) is 0 Å². The molecule has 1 fully saturated rings. The molecule has 1 aromatic carbocycles. The molecule has 1 heterocycles. The Balaban J connectivity index is 2.33. The van der Waals surface area contributed by atoms with Crippen LogP contribution < -0.4 is 0 Å². The van der Waals surface area contributed by atoms with Crippen LogP contribution in [0.4, 0.5) is 0 Å². The molecular formula is C13H18BrNO2S. The van der Waals surface area contributed by atoms with Crippen LogP contribution in [0.1, 0.15) is 25.3 Å². The van der Waals surface area contributed by atoms with Gasteiger partial charge in [0.2, 0.25) is 10.0 Å². The van der Waals surface area contributed by atoms with E-state index in [1.165, 1.54) is 0 Å². The molecule has 1 aliphatic rings. The summed E-state index contributed by atoms with van der Waals surface area (Å²) < 4.78 is 26.8. The highest BCUT2D eigenvalue weighted by atomic mass is 79.9. The first-order valence-electron chi connectivity index (χ1n) is 6.15. The lowest BCUT2D eigenvalue weighted by molar-refractivity contribution is 0.388. The van der Waals surface area contributed by atoms with Crippen LogP contribution in [0.3, 0.4) is 0 Å². The van der Waals surface area contributed by atoms with Gasteiger partial charge in [0, 0.05) is 17.4 Å². The number of aryl methyl sites for hydroxylation is 1. The van der Waals surface area contributed by atoms with E-state index in [-0.39, 0.29) is 10.9 Å². The minimum atomic E-state index is -3.35. The zero-order valence-electron chi connectivity index (χ0n) is 10.6. The van der Waals surface area contributed by atoms with Gasteiger partial charge >= 0.3 is 0 Å². The summed E-state index contributed by atoms with van der Waals surface area (Å²) in [6, 6.07) is 7.14. The van der Waals surface area contributed by atoms with Crippen molar-refractivity contribution < 1.29 is 8.42 Å². The minimum absolute atomic E-state index is 0.0660. The standard InChI is InChI=1S/C13H18BrNO2S/c1-10-5-7-12(8-6-10)18(16,17)15-9-3-4-13(15)11(2)14/h5-8,11,13H,3-4,9H2,1-2H3/t11-,13+/m1/s1. The highest BCUT2D eigenvalue weighted by Crippen LogP contribution is 2.30. The zero-order valence-corrected chi connectivity index (χ0v) is 13.0. The molecule has 0 aromatic heterocycles. The number of hydrogen-bond acceptors (Lipinski definition) is 2. The van der Waals surface area contributed by atoms with Crippen LogP contribution in [0.25, 0.3) is 0 Å². The summed E-state index contributed by atoms with van der Waals surface area (Å²) in [4.78, 5) is 0.577. The van der Waals surface area contributed by atoms with E-state index in [1.807, 2.05) is 26.0 Å². The van der Waals surface area contributed by atoms with E-state index in [2.05, 4.69) is 15.9 Å². The molecule has 2 rings (SSSR count). The molecule has 0 saturated carbocycles. The highest BCUT2D eigenvalue weighted by Gasteiger charge is 2.37. The second-order valence-corrected chi connectivity index (χ2v) is 8.15. The fourth-order valence-corrected chi connectivity index (χ4v) is 4.84. The smallest absolute Gasteiger partial charge is 0.207 e. The van der Waals surface area contributed by atoms with Gasteiger partial charge in [0.15, 0.2) is 0 Å². The average molecular weight is 332 g/mol. The van der Waals surface area contributed by atoms with Crippen molar-refractivity contribution in [2.45, 2.75) is 42.5 Å². The maximum atomic E-state index is 12.6. The van der Waals surface area contributed by atoms with Crippen molar-refractivity contribution in [3.63, 3.8) is 0 Å². The maximum absolute atomic E-state index is 12.6. The molecule has 0 N–H and O–H groups in total. The van der Waals surface area contributed by atoms with Crippen LogP contribution in [0.15, 0.2) is 29.2 Å². The predicted octanol–water partition coefficient (Wildman–Crippen LogP) is 2.93. The molecule has 0 amide bonds. The van der Waals surface area contributed by atoms with Gasteiger partial charge < -0.3 is 0 Å². The van der Waals surface area contributed by atoms with Gasteiger partial charge in [0.1, 0.15) is 0 Å². The lowest BCUT2D eigenvalue weighted by Gasteiger charge is -2.26. The summed E-state index contributed by atoms with van der Waals surface area (Å²) in [5.74, 6) is 0. The van der Waals surface area contributed by atoms with E-state index >= 15 is 0 Å². The molecule has 0 aliphatic carbocycles. The molecule has 0 spiro atoms. The van der Waals surface area contributed by atoms with Crippen LogP contribution in [-0.4, -0.2) is 30.1 Å². The number of alkyl halides is 1. The van der Waals surface area contributed by atoms with Crippen LogP contribution in [-0.2, 0) is 10.0 Å². The molecule has 0 unspecified atom stereocenters. The summed E-state index contributed by atoms with van der Waals surface area (Å²) >= 11 is 3.51. The van der Waals surface area contributed by atoms with Gasteiger partial charge in [-0.05, 0) is 31.9 Å². The molecule has 1 saturated heterocycles. The van der Waals surface area contributed by atoms with Crippen LogP contribution in [0.5, 0.6) is 0 Å². The van der Waals surface area contributed by atoms with Crippen LogP contribution >= 0.6 is 15.9 Å². The van der Waals surface area contributed by atoms with Crippen LogP contribution in [0.2, 0.25) is 0 Å². The largest absolute Gasteiger partial charge is 0.243 e. The third-order valence-corrected chi connectivity index (χ3v) is 5.96. The summed E-state index contributed by atoms with van der Waals surface area (Å²) in [5.41, 5.74) is 1.07. The SMILES string of the molecule is Cc1ccc(S(=O)(=O)N2CCC[C@H]2[C@@H](C)Br)cc1. The predicted molar refractivity (Wildman–Crippen MR) is 76.5 cm³/mol. The van der Waals surface area contributed by atoms with Crippen molar-refractivity contribution in [1.82, 2.24) is 4.31 Å². The Labute approximate surface area is 117 Å². The van der Waals surface area contributed by atoms with Crippen molar-refractivity contribution >= 4 is 26.0 Å². The van der Waals surface area contributed by atoms with E-state index in [4.69, 9.17) is 0 Å². The lowest BCUT2D eigenvalue weighted by atomic mass is 10.2. The van der Waals surface area contributed by atoms with Crippen molar-refractivity contribution in [2.75, 3.05) is 6.54 Å². The van der Waals surface area contributed by atoms with Gasteiger partial charge in [0.05, 0.1) is 4.90 Å². The third-order valence-electron chi connectivity index (χ3n) is 3.41.